The van der Waals surface area contributed by atoms with Gasteiger partial charge in [0.05, 0.1) is 4.75 Å². The molecule has 0 spiro atoms. The van der Waals surface area contributed by atoms with Gasteiger partial charge in [0, 0.05) is 6.04 Å². The van der Waals surface area contributed by atoms with E-state index in [1.165, 1.54) is 32.0 Å². The van der Waals surface area contributed by atoms with Crippen LogP contribution in [-0.2, 0) is 9.84 Å². The van der Waals surface area contributed by atoms with Gasteiger partial charge in [0.25, 0.3) is 0 Å². The molecule has 1 aromatic rings. The highest BCUT2D eigenvalue weighted by Gasteiger charge is 2.40. The summed E-state index contributed by atoms with van der Waals surface area (Å²) in [6, 6.07) is 4.75. The van der Waals surface area contributed by atoms with Crippen molar-refractivity contribution in [1.82, 2.24) is 0 Å². The molecule has 5 heteroatoms. The highest BCUT2D eigenvalue weighted by Crippen LogP contribution is 2.29. The third-order valence-electron chi connectivity index (χ3n) is 2.92. The summed E-state index contributed by atoms with van der Waals surface area (Å²) in [5.41, 5.74) is 5.64. The molecule has 0 saturated heterocycles. The van der Waals surface area contributed by atoms with Crippen molar-refractivity contribution in [2.24, 2.45) is 5.73 Å². The Morgan fingerprint density at radius 2 is 1.81 bits per heavy atom. The quantitative estimate of drug-likeness (QED) is 0.882. The van der Waals surface area contributed by atoms with Gasteiger partial charge in [-0.25, -0.2) is 12.8 Å². The Bertz CT molecular complexity index is 481. The summed E-state index contributed by atoms with van der Waals surface area (Å²) in [5, 5.41) is 0. The predicted molar refractivity (Wildman–Crippen MR) is 61.3 cm³/mol. The highest BCUT2D eigenvalue weighted by atomic mass is 32.2. The van der Waals surface area contributed by atoms with Crippen molar-refractivity contribution < 1.29 is 12.8 Å². The smallest absolute Gasteiger partial charge is 0.187 e. The van der Waals surface area contributed by atoms with Crippen molar-refractivity contribution in [3.63, 3.8) is 0 Å². The van der Waals surface area contributed by atoms with Crippen molar-refractivity contribution in [1.29, 1.82) is 0 Å². The van der Waals surface area contributed by atoms with Crippen LogP contribution in [0.4, 0.5) is 4.39 Å². The lowest BCUT2D eigenvalue weighted by molar-refractivity contribution is 0.493. The van der Waals surface area contributed by atoms with Gasteiger partial charge in [-0.1, -0.05) is 12.1 Å². The Balaban J connectivity index is 3.39. The van der Waals surface area contributed by atoms with Crippen LogP contribution in [-0.4, -0.2) is 19.2 Å². The fourth-order valence-corrected chi connectivity index (χ4v) is 2.83. The summed E-state index contributed by atoms with van der Waals surface area (Å²) in [4.78, 5) is -0.294. The maximum Gasteiger partial charge on any atom is 0.187 e. The van der Waals surface area contributed by atoms with E-state index in [-0.39, 0.29) is 4.90 Å². The molecule has 1 aromatic carbocycles. The molecule has 0 amide bonds. The van der Waals surface area contributed by atoms with E-state index in [4.69, 9.17) is 5.73 Å². The second-order valence-electron chi connectivity index (χ2n) is 4.33. The summed E-state index contributed by atoms with van der Waals surface area (Å²) in [7, 11) is -3.77. The van der Waals surface area contributed by atoms with Crippen molar-refractivity contribution in [2.45, 2.75) is 36.5 Å². The second-order valence-corrected chi connectivity index (χ2v) is 6.82. The van der Waals surface area contributed by atoms with Gasteiger partial charge in [-0.15, -0.1) is 0 Å². The molecule has 1 rings (SSSR count). The average molecular weight is 245 g/mol. The van der Waals surface area contributed by atoms with E-state index in [0.29, 0.717) is 0 Å². The summed E-state index contributed by atoms with van der Waals surface area (Å²) >= 11 is 0. The molecule has 0 radical (unpaired) electrons. The molecule has 0 saturated carbocycles. The van der Waals surface area contributed by atoms with E-state index in [9.17, 15) is 12.8 Å². The van der Waals surface area contributed by atoms with Crippen LogP contribution in [0.3, 0.4) is 0 Å². The van der Waals surface area contributed by atoms with Gasteiger partial charge < -0.3 is 5.73 Å². The molecule has 16 heavy (non-hydrogen) atoms. The van der Waals surface area contributed by atoms with Gasteiger partial charge in [0.1, 0.15) is 10.7 Å². The lowest BCUT2D eigenvalue weighted by atomic mass is 10.1. The lowest BCUT2D eigenvalue weighted by Crippen LogP contribution is -2.47. The number of sulfone groups is 1. The summed E-state index contributed by atoms with van der Waals surface area (Å²) in [6.07, 6.45) is 0. The first-order valence-electron chi connectivity index (χ1n) is 4.96. The van der Waals surface area contributed by atoms with Gasteiger partial charge >= 0.3 is 0 Å². The topological polar surface area (TPSA) is 60.2 Å². The Morgan fingerprint density at radius 1 is 1.31 bits per heavy atom. The zero-order chi connectivity index (χ0) is 12.6. The minimum atomic E-state index is -3.77. The maximum absolute atomic E-state index is 13.5. The van der Waals surface area contributed by atoms with E-state index in [1.807, 2.05) is 0 Å². The van der Waals surface area contributed by atoms with Crippen molar-refractivity contribution in [3.8, 4) is 0 Å². The van der Waals surface area contributed by atoms with Crippen molar-refractivity contribution >= 4 is 9.84 Å². The molecule has 0 fully saturated rings. The van der Waals surface area contributed by atoms with Gasteiger partial charge in [0.2, 0.25) is 0 Å². The van der Waals surface area contributed by atoms with E-state index in [2.05, 4.69) is 0 Å². The molecule has 3 nitrogen and oxygen atoms in total. The van der Waals surface area contributed by atoms with E-state index < -0.39 is 26.4 Å². The first-order chi connectivity index (χ1) is 7.21. The minimum Gasteiger partial charge on any atom is -0.327 e. The van der Waals surface area contributed by atoms with Crippen molar-refractivity contribution in [2.75, 3.05) is 0 Å². The fraction of sp³-hybridized carbons (Fsp3) is 0.455. The molecule has 0 aliphatic rings. The zero-order valence-corrected chi connectivity index (χ0v) is 10.4. The second kappa shape index (κ2) is 4.14. The molecule has 0 heterocycles. The van der Waals surface area contributed by atoms with Crippen molar-refractivity contribution in [3.05, 3.63) is 30.1 Å². The third kappa shape index (κ3) is 1.97. The van der Waals surface area contributed by atoms with E-state index >= 15 is 0 Å². The molecule has 0 bridgehead atoms. The SMILES string of the molecule is CC(N)C(C)(C)S(=O)(=O)c1ccccc1F. The number of halogens is 1. The predicted octanol–water partition coefficient (Wildman–Crippen LogP) is 1.73. The third-order valence-corrected chi connectivity index (χ3v) is 5.58. The van der Waals surface area contributed by atoms with Gasteiger partial charge in [-0.3, -0.25) is 0 Å². The monoisotopic (exact) mass is 245 g/mol. The van der Waals surface area contributed by atoms with Crippen LogP contribution in [0.5, 0.6) is 0 Å². The van der Waals surface area contributed by atoms with Gasteiger partial charge in [-0.05, 0) is 32.9 Å². The number of rotatable bonds is 3. The molecule has 0 aromatic heterocycles. The normalized spacial score (nSPS) is 14.8. The molecular weight excluding hydrogens is 229 g/mol. The summed E-state index contributed by atoms with van der Waals surface area (Å²) < 4.78 is 36.7. The zero-order valence-electron chi connectivity index (χ0n) is 9.57. The first kappa shape index (κ1) is 13.1. The minimum absolute atomic E-state index is 0.294. The maximum atomic E-state index is 13.5. The molecule has 0 aliphatic carbocycles. The van der Waals surface area contributed by atoms with Gasteiger partial charge in [0.15, 0.2) is 9.84 Å². The average Bonchev–Trinajstić information content (AvgIpc) is 2.17. The number of hydrogen-bond acceptors (Lipinski definition) is 3. The Morgan fingerprint density at radius 3 is 2.25 bits per heavy atom. The molecule has 90 valence electrons. The van der Waals surface area contributed by atoms with Crippen LogP contribution in [0.1, 0.15) is 20.8 Å². The van der Waals surface area contributed by atoms with E-state index in [0.717, 1.165) is 6.07 Å². The molecule has 1 atom stereocenters. The standard InChI is InChI=1S/C11H16FNO2S/c1-8(13)11(2,3)16(14,15)10-7-5-4-6-9(10)12/h4-8H,13H2,1-3H3. The highest BCUT2D eigenvalue weighted by molar-refractivity contribution is 7.92. The molecule has 1 unspecified atom stereocenters. The largest absolute Gasteiger partial charge is 0.327 e. The molecular formula is C11H16FNO2S. The summed E-state index contributed by atoms with van der Waals surface area (Å²) in [6.45, 7) is 4.59. The fourth-order valence-electron chi connectivity index (χ4n) is 1.19. The molecule has 2 N–H and O–H groups in total. The molecule has 0 aliphatic heterocycles. The van der Waals surface area contributed by atoms with Crippen LogP contribution in [0.15, 0.2) is 29.2 Å². The van der Waals surface area contributed by atoms with Crippen LogP contribution in [0.2, 0.25) is 0 Å². The number of hydrogen-bond donors (Lipinski definition) is 1. The lowest BCUT2D eigenvalue weighted by Gasteiger charge is -2.28. The Hall–Kier alpha value is -0.940. The van der Waals surface area contributed by atoms with Crippen LogP contribution in [0, 0.1) is 5.82 Å². The first-order valence-corrected chi connectivity index (χ1v) is 6.44. The van der Waals surface area contributed by atoms with E-state index in [1.54, 1.807) is 6.92 Å². The van der Waals surface area contributed by atoms with Gasteiger partial charge in [-0.2, -0.15) is 0 Å². The number of benzene rings is 1. The Labute approximate surface area is 95.4 Å². The van der Waals surface area contributed by atoms with Crippen LogP contribution in [0.25, 0.3) is 0 Å². The Kier molecular flexibility index (Phi) is 3.40. The number of nitrogens with two attached hydrogens (primary N) is 1. The summed E-state index contributed by atoms with van der Waals surface area (Å²) in [5.74, 6) is -0.740. The van der Waals surface area contributed by atoms with Crippen LogP contribution < -0.4 is 5.73 Å². The van der Waals surface area contributed by atoms with Crippen LogP contribution >= 0.6 is 0 Å².